The molecule has 0 atom stereocenters. The van der Waals surface area contributed by atoms with Crippen molar-refractivity contribution in [3.8, 4) is 11.8 Å². The fraction of sp³-hybridized carbons (Fsp3) is 0.412. The summed E-state index contributed by atoms with van der Waals surface area (Å²) in [7, 11) is 0. The van der Waals surface area contributed by atoms with E-state index < -0.39 is 11.7 Å². The van der Waals surface area contributed by atoms with Crippen molar-refractivity contribution in [3.63, 3.8) is 0 Å². The third-order valence-electron chi connectivity index (χ3n) is 2.76. The Kier molecular flexibility index (Phi) is 6.58. The van der Waals surface area contributed by atoms with E-state index in [1.54, 1.807) is 45.9 Å². The molecule has 0 saturated heterocycles. The summed E-state index contributed by atoms with van der Waals surface area (Å²) in [4.78, 5) is 11.5. The standard InChI is InChI=1S/C17H21FN2O3/c1-12-7-15(6-5-14(12)9-19)22-11-13(8-18)10-20-16(21)23-17(2,3)4/h5-8H,10-11H2,1-4H3,(H,20,21)/b13-8+. The van der Waals surface area contributed by atoms with E-state index >= 15 is 0 Å². The van der Waals surface area contributed by atoms with E-state index in [0.717, 1.165) is 5.56 Å². The summed E-state index contributed by atoms with van der Waals surface area (Å²) < 4.78 is 23.4. The number of nitrogens with zero attached hydrogens (tertiary/aromatic N) is 1. The van der Waals surface area contributed by atoms with Crippen LogP contribution in [0.25, 0.3) is 0 Å². The first-order valence-corrected chi connectivity index (χ1v) is 7.13. The van der Waals surface area contributed by atoms with E-state index in [2.05, 4.69) is 11.4 Å². The van der Waals surface area contributed by atoms with Crippen LogP contribution in [-0.4, -0.2) is 24.8 Å². The minimum atomic E-state index is -0.619. The molecule has 6 heteroatoms. The van der Waals surface area contributed by atoms with Crippen molar-refractivity contribution < 1.29 is 18.7 Å². The van der Waals surface area contributed by atoms with Crippen LogP contribution < -0.4 is 10.1 Å². The molecule has 1 amide bonds. The third kappa shape index (κ3) is 6.83. The van der Waals surface area contributed by atoms with E-state index in [4.69, 9.17) is 14.7 Å². The average molecular weight is 320 g/mol. The van der Waals surface area contributed by atoms with Gasteiger partial charge in [-0.25, -0.2) is 9.18 Å². The average Bonchev–Trinajstić information content (AvgIpc) is 2.45. The summed E-state index contributed by atoms with van der Waals surface area (Å²) in [5.41, 5.74) is 0.992. The molecule has 0 aromatic heterocycles. The first-order valence-electron chi connectivity index (χ1n) is 7.13. The third-order valence-corrected chi connectivity index (χ3v) is 2.76. The number of alkyl carbamates (subject to hydrolysis) is 1. The van der Waals surface area contributed by atoms with Gasteiger partial charge < -0.3 is 14.8 Å². The van der Waals surface area contributed by atoms with Crippen molar-refractivity contribution in [2.45, 2.75) is 33.3 Å². The Bertz CT molecular complexity index is 628. The zero-order valence-corrected chi connectivity index (χ0v) is 13.8. The number of ether oxygens (including phenoxy) is 2. The van der Waals surface area contributed by atoms with E-state index in [1.165, 1.54) is 0 Å². The number of nitrogens with one attached hydrogen (secondary N) is 1. The van der Waals surface area contributed by atoms with Crippen molar-refractivity contribution in [3.05, 3.63) is 41.2 Å². The van der Waals surface area contributed by atoms with Gasteiger partial charge in [-0.05, 0) is 51.5 Å². The van der Waals surface area contributed by atoms with Crippen LogP contribution in [0.1, 0.15) is 31.9 Å². The number of halogens is 1. The number of rotatable bonds is 5. The van der Waals surface area contributed by atoms with Crippen LogP contribution in [0, 0.1) is 18.3 Å². The molecule has 0 saturated carbocycles. The summed E-state index contributed by atoms with van der Waals surface area (Å²) in [5.74, 6) is 0.526. The van der Waals surface area contributed by atoms with Gasteiger partial charge in [-0.15, -0.1) is 0 Å². The molecule has 0 aliphatic carbocycles. The molecule has 0 radical (unpaired) electrons. The summed E-state index contributed by atoms with van der Waals surface area (Å²) in [5, 5.41) is 11.3. The van der Waals surface area contributed by atoms with Gasteiger partial charge >= 0.3 is 6.09 Å². The van der Waals surface area contributed by atoms with Crippen molar-refractivity contribution in [2.24, 2.45) is 0 Å². The Balaban J connectivity index is 2.50. The van der Waals surface area contributed by atoms with Crippen molar-refractivity contribution in [2.75, 3.05) is 13.2 Å². The van der Waals surface area contributed by atoms with Crippen LogP contribution in [0.3, 0.4) is 0 Å². The highest BCUT2D eigenvalue weighted by atomic mass is 19.1. The van der Waals surface area contributed by atoms with Crippen LogP contribution in [0.2, 0.25) is 0 Å². The molecule has 0 unspecified atom stereocenters. The lowest BCUT2D eigenvalue weighted by Gasteiger charge is -2.20. The SMILES string of the molecule is Cc1cc(OC/C(=C/F)CNC(=O)OC(C)(C)C)ccc1C#N. The van der Waals surface area contributed by atoms with E-state index in [-0.39, 0.29) is 18.7 Å². The van der Waals surface area contributed by atoms with Gasteiger partial charge in [-0.1, -0.05) is 0 Å². The molecule has 0 aliphatic rings. The number of hydrogen-bond donors (Lipinski definition) is 1. The summed E-state index contributed by atoms with van der Waals surface area (Å²) in [6, 6.07) is 7.05. The van der Waals surface area contributed by atoms with Crippen LogP contribution in [0.5, 0.6) is 5.75 Å². The summed E-state index contributed by atoms with van der Waals surface area (Å²) in [6.07, 6.45) is -0.223. The lowest BCUT2D eigenvalue weighted by molar-refractivity contribution is 0.0531. The number of nitriles is 1. The normalized spacial score (nSPS) is 11.6. The zero-order valence-electron chi connectivity index (χ0n) is 13.8. The van der Waals surface area contributed by atoms with Crippen LogP contribution in [0.4, 0.5) is 9.18 Å². The maximum Gasteiger partial charge on any atom is 0.407 e. The molecule has 0 aliphatic heterocycles. The second-order valence-electron chi connectivity index (χ2n) is 6.00. The molecule has 1 aromatic rings. The quantitative estimate of drug-likeness (QED) is 0.899. The number of hydrogen-bond acceptors (Lipinski definition) is 4. The molecule has 23 heavy (non-hydrogen) atoms. The Morgan fingerprint density at radius 1 is 1.43 bits per heavy atom. The van der Waals surface area contributed by atoms with Gasteiger partial charge in [0, 0.05) is 12.1 Å². The summed E-state index contributed by atoms with van der Waals surface area (Å²) >= 11 is 0. The Morgan fingerprint density at radius 3 is 2.65 bits per heavy atom. The largest absolute Gasteiger partial charge is 0.489 e. The number of amides is 1. The minimum Gasteiger partial charge on any atom is -0.489 e. The molecule has 0 fully saturated rings. The van der Waals surface area contributed by atoms with Gasteiger partial charge in [-0.2, -0.15) is 5.26 Å². The smallest absolute Gasteiger partial charge is 0.407 e. The molecule has 1 aromatic carbocycles. The van der Waals surface area contributed by atoms with Crippen molar-refractivity contribution >= 4 is 6.09 Å². The molecule has 5 nitrogen and oxygen atoms in total. The van der Waals surface area contributed by atoms with E-state index in [0.29, 0.717) is 17.6 Å². The highest BCUT2D eigenvalue weighted by Gasteiger charge is 2.16. The maximum absolute atomic E-state index is 12.9. The lowest BCUT2D eigenvalue weighted by atomic mass is 10.1. The molecule has 1 rings (SSSR count). The van der Waals surface area contributed by atoms with Gasteiger partial charge in [-0.3, -0.25) is 0 Å². The highest BCUT2D eigenvalue weighted by molar-refractivity contribution is 5.68. The molecule has 0 spiro atoms. The minimum absolute atomic E-state index is 0.0132. The van der Waals surface area contributed by atoms with Gasteiger partial charge in [0.25, 0.3) is 0 Å². The number of carbonyl (C=O) groups excluding carboxylic acids is 1. The second kappa shape index (κ2) is 8.18. The monoisotopic (exact) mass is 320 g/mol. The second-order valence-corrected chi connectivity index (χ2v) is 6.00. The van der Waals surface area contributed by atoms with Gasteiger partial charge in [0.05, 0.1) is 18.0 Å². The molecule has 124 valence electrons. The molecular weight excluding hydrogens is 299 g/mol. The van der Waals surface area contributed by atoms with Crippen LogP contribution in [-0.2, 0) is 4.74 Å². The highest BCUT2D eigenvalue weighted by Crippen LogP contribution is 2.17. The predicted molar refractivity (Wildman–Crippen MR) is 84.8 cm³/mol. The molecular formula is C17H21FN2O3. The zero-order chi connectivity index (χ0) is 17.5. The number of carbonyl (C=O) groups is 1. The fourth-order valence-corrected chi connectivity index (χ4v) is 1.65. The molecule has 1 N–H and O–H groups in total. The Morgan fingerprint density at radius 2 is 2.13 bits per heavy atom. The maximum atomic E-state index is 12.9. The number of aryl methyl sites for hydroxylation is 1. The molecule has 0 heterocycles. The van der Waals surface area contributed by atoms with Crippen molar-refractivity contribution in [1.29, 1.82) is 5.26 Å². The first-order chi connectivity index (χ1) is 10.7. The van der Waals surface area contributed by atoms with E-state index in [1.807, 2.05) is 0 Å². The summed E-state index contributed by atoms with van der Waals surface area (Å²) in [6.45, 7) is 7.00. The predicted octanol–water partition coefficient (Wildman–Crippen LogP) is 3.62. The Labute approximate surface area is 135 Å². The Hall–Kier alpha value is -2.55. The topological polar surface area (TPSA) is 71.3 Å². The van der Waals surface area contributed by atoms with Crippen molar-refractivity contribution in [1.82, 2.24) is 5.32 Å². The molecule has 0 bridgehead atoms. The van der Waals surface area contributed by atoms with Gasteiger partial charge in [0.2, 0.25) is 0 Å². The van der Waals surface area contributed by atoms with Gasteiger partial charge in [0.15, 0.2) is 0 Å². The first kappa shape index (κ1) is 18.5. The van der Waals surface area contributed by atoms with E-state index in [9.17, 15) is 9.18 Å². The van der Waals surface area contributed by atoms with Crippen LogP contribution >= 0.6 is 0 Å². The van der Waals surface area contributed by atoms with Crippen LogP contribution in [0.15, 0.2) is 30.1 Å². The number of benzene rings is 1. The lowest BCUT2D eigenvalue weighted by Crippen LogP contribution is -2.34. The fourth-order valence-electron chi connectivity index (χ4n) is 1.65. The van der Waals surface area contributed by atoms with Gasteiger partial charge in [0.1, 0.15) is 18.0 Å².